The molecule has 2 atom stereocenters. The van der Waals surface area contributed by atoms with Crippen molar-refractivity contribution < 1.29 is 28.2 Å². The van der Waals surface area contributed by atoms with Crippen LogP contribution in [0.25, 0.3) is 0 Å². The number of rotatable bonds is 6. The highest BCUT2D eigenvalue weighted by Gasteiger charge is 2.44. The van der Waals surface area contributed by atoms with Crippen LogP contribution in [0.15, 0.2) is 29.2 Å². The number of aromatic nitrogens is 1. The first-order valence-electron chi connectivity index (χ1n) is 10.5. The summed E-state index contributed by atoms with van der Waals surface area (Å²) >= 11 is 0. The number of pyridine rings is 1. The van der Waals surface area contributed by atoms with Gasteiger partial charge in [-0.1, -0.05) is 19.9 Å². The average Bonchev–Trinajstić information content (AvgIpc) is 3.11. The summed E-state index contributed by atoms with van der Waals surface area (Å²) in [5.74, 6) is -3.06. The van der Waals surface area contributed by atoms with E-state index in [-0.39, 0.29) is 42.2 Å². The summed E-state index contributed by atoms with van der Waals surface area (Å²) in [5.41, 5.74) is -1.24. The lowest BCUT2D eigenvalue weighted by Crippen LogP contribution is -2.49. The highest BCUT2D eigenvalue weighted by Crippen LogP contribution is 2.32. The minimum absolute atomic E-state index is 0.0395. The molecule has 1 fully saturated rings. The molecule has 0 spiro atoms. The molecular formula is C23H24F2N2O5. The van der Waals surface area contributed by atoms with E-state index < -0.39 is 40.7 Å². The number of ketones is 1. The zero-order chi connectivity index (χ0) is 23.2. The van der Waals surface area contributed by atoms with Gasteiger partial charge in [0.05, 0.1) is 24.8 Å². The Morgan fingerprint density at radius 1 is 1.28 bits per heavy atom. The molecule has 1 amide bonds. The van der Waals surface area contributed by atoms with Crippen LogP contribution in [0.1, 0.15) is 53.1 Å². The van der Waals surface area contributed by atoms with E-state index >= 15 is 0 Å². The van der Waals surface area contributed by atoms with Crippen molar-refractivity contribution in [3.8, 4) is 5.75 Å². The van der Waals surface area contributed by atoms with E-state index in [4.69, 9.17) is 4.74 Å². The molecule has 2 aliphatic rings. The number of Topliss-reactive ketones (excluding diaryl/α,β-unsaturated/α-hetero) is 1. The van der Waals surface area contributed by atoms with E-state index in [1.165, 1.54) is 16.8 Å². The number of ether oxygens (including phenoxy) is 1. The molecule has 1 N–H and O–H groups in total. The first-order chi connectivity index (χ1) is 15.2. The Bertz CT molecular complexity index is 1140. The molecule has 1 aromatic heterocycles. The number of halogens is 2. The summed E-state index contributed by atoms with van der Waals surface area (Å²) in [6, 6.07) is 2.91. The van der Waals surface area contributed by atoms with Crippen LogP contribution < -0.4 is 5.43 Å². The third kappa shape index (κ3) is 3.92. The second-order valence-electron chi connectivity index (χ2n) is 8.66. The van der Waals surface area contributed by atoms with Gasteiger partial charge in [0.25, 0.3) is 5.91 Å². The molecule has 32 heavy (non-hydrogen) atoms. The molecule has 0 bridgehead atoms. The number of aromatic hydroxyl groups is 1. The third-order valence-electron chi connectivity index (χ3n) is 5.91. The lowest BCUT2D eigenvalue weighted by Gasteiger charge is -2.35. The van der Waals surface area contributed by atoms with Crippen molar-refractivity contribution in [1.29, 1.82) is 0 Å². The van der Waals surface area contributed by atoms with Crippen molar-refractivity contribution in [2.24, 2.45) is 5.92 Å². The van der Waals surface area contributed by atoms with Crippen LogP contribution in [0.3, 0.4) is 0 Å². The highest BCUT2D eigenvalue weighted by molar-refractivity contribution is 6.00. The molecule has 1 aromatic carbocycles. The molecule has 170 valence electrons. The van der Waals surface area contributed by atoms with Gasteiger partial charge < -0.3 is 19.3 Å². The van der Waals surface area contributed by atoms with Gasteiger partial charge in [0.1, 0.15) is 11.6 Å². The third-order valence-corrected chi connectivity index (χ3v) is 5.91. The van der Waals surface area contributed by atoms with Crippen molar-refractivity contribution >= 4 is 11.7 Å². The van der Waals surface area contributed by atoms with Crippen LogP contribution in [0, 0.1) is 17.6 Å². The molecule has 0 saturated carbocycles. The number of fused-ring (bicyclic) bond motifs is 2. The molecule has 7 nitrogen and oxygen atoms in total. The fraction of sp³-hybridized carbons (Fsp3) is 0.435. The lowest BCUT2D eigenvalue weighted by molar-refractivity contribution is 0.00519. The van der Waals surface area contributed by atoms with Crippen LogP contribution in [0.4, 0.5) is 8.78 Å². The lowest BCUT2D eigenvalue weighted by atomic mass is 10.0. The van der Waals surface area contributed by atoms with Crippen LogP contribution in [-0.4, -0.2) is 45.1 Å². The molecule has 0 unspecified atom stereocenters. The number of carbonyl (C=O) groups excluding carboxylic acids is 2. The molecule has 0 aliphatic carbocycles. The molecule has 1 saturated heterocycles. The maximum atomic E-state index is 13.8. The van der Waals surface area contributed by atoms with Gasteiger partial charge in [-0.2, -0.15) is 0 Å². The van der Waals surface area contributed by atoms with E-state index in [0.29, 0.717) is 12.5 Å². The van der Waals surface area contributed by atoms with E-state index in [0.717, 1.165) is 18.6 Å². The topological polar surface area (TPSA) is 88.8 Å². The van der Waals surface area contributed by atoms with Crippen molar-refractivity contribution in [2.75, 3.05) is 6.61 Å². The second-order valence-corrected chi connectivity index (χ2v) is 8.66. The summed E-state index contributed by atoms with van der Waals surface area (Å²) in [6.07, 6.45) is 1.19. The van der Waals surface area contributed by atoms with Gasteiger partial charge in [-0.15, -0.1) is 0 Å². The number of nitrogens with zero attached hydrogens (tertiary/aromatic N) is 2. The van der Waals surface area contributed by atoms with Gasteiger partial charge in [-0.25, -0.2) is 8.78 Å². The molecule has 2 aliphatic heterocycles. The smallest absolute Gasteiger partial charge is 0.276 e. The number of hydrogen-bond acceptors (Lipinski definition) is 5. The van der Waals surface area contributed by atoms with Crippen LogP contribution in [0.5, 0.6) is 5.75 Å². The van der Waals surface area contributed by atoms with Crippen molar-refractivity contribution in [2.45, 2.75) is 51.9 Å². The van der Waals surface area contributed by atoms with E-state index in [9.17, 15) is 28.3 Å². The van der Waals surface area contributed by atoms with E-state index in [1.807, 2.05) is 13.8 Å². The Balaban J connectivity index is 1.60. The van der Waals surface area contributed by atoms with Crippen molar-refractivity contribution in [3.63, 3.8) is 0 Å². The summed E-state index contributed by atoms with van der Waals surface area (Å²) < 4.78 is 34.0. The van der Waals surface area contributed by atoms with E-state index in [2.05, 4.69) is 0 Å². The molecule has 4 rings (SSSR count). The average molecular weight is 446 g/mol. The Hall–Kier alpha value is -3.07. The number of carbonyl (C=O) groups is 2. The van der Waals surface area contributed by atoms with Gasteiger partial charge in [-0.3, -0.25) is 14.4 Å². The number of benzene rings is 1. The first kappa shape index (κ1) is 22.1. The Morgan fingerprint density at radius 3 is 2.72 bits per heavy atom. The number of amides is 1. The monoisotopic (exact) mass is 446 g/mol. The van der Waals surface area contributed by atoms with Gasteiger partial charge >= 0.3 is 0 Å². The van der Waals surface area contributed by atoms with Crippen molar-refractivity contribution in [1.82, 2.24) is 9.47 Å². The zero-order valence-corrected chi connectivity index (χ0v) is 17.8. The maximum absolute atomic E-state index is 13.8. The SMILES string of the molecule is CC(C)C[C@@H]1CO[C@H]2Cn3cc(C(=O)CCc4ccc(F)cc4F)c(=O)c(O)c3C(=O)N12. The molecule has 3 heterocycles. The van der Waals surface area contributed by atoms with Crippen LogP contribution >= 0.6 is 0 Å². The normalized spacial score (nSPS) is 19.9. The Morgan fingerprint density at radius 2 is 2.03 bits per heavy atom. The Kier molecular flexibility index (Phi) is 5.85. The van der Waals surface area contributed by atoms with E-state index in [1.54, 1.807) is 4.90 Å². The summed E-state index contributed by atoms with van der Waals surface area (Å²) in [5, 5.41) is 10.5. The summed E-state index contributed by atoms with van der Waals surface area (Å²) in [6.45, 7) is 4.61. The zero-order valence-electron chi connectivity index (χ0n) is 17.8. The summed E-state index contributed by atoms with van der Waals surface area (Å²) in [7, 11) is 0. The Labute approximate surface area is 183 Å². The van der Waals surface area contributed by atoms with Crippen LogP contribution in [0.2, 0.25) is 0 Å². The number of aryl methyl sites for hydroxylation is 1. The second kappa shape index (κ2) is 8.46. The quantitative estimate of drug-likeness (QED) is 0.690. The minimum Gasteiger partial charge on any atom is -0.503 e. The van der Waals surface area contributed by atoms with Gasteiger partial charge in [0, 0.05) is 18.7 Å². The molecular weight excluding hydrogens is 422 g/mol. The molecule has 2 aromatic rings. The molecule has 0 radical (unpaired) electrons. The molecule has 9 heteroatoms. The van der Waals surface area contributed by atoms with Crippen molar-refractivity contribution in [3.05, 3.63) is 63.1 Å². The van der Waals surface area contributed by atoms with Gasteiger partial charge in [-0.05, 0) is 30.4 Å². The standard InChI is InChI=1S/C23H24F2N2O5/c1-12(2)7-15-11-32-19-10-26-9-16(21(29)22(30)20(26)23(31)27(15)19)18(28)6-4-13-3-5-14(24)8-17(13)25/h3,5,8-9,12,15,19,30H,4,6-7,10-11H2,1-2H3/t15-,19+/m1/s1. The summed E-state index contributed by atoms with van der Waals surface area (Å²) in [4.78, 5) is 40.0. The van der Waals surface area contributed by atoms with Gasteiger partial charge in [0.15, 0.2) is 23.5 Å². The number of hydrogen-bond donors (Lipinski definition) is 1. The van der Waals surface area contributed by atoms with Gasteiger partial charge in [0.2, 0.25) is 5.43 Å². The first-order valence-corrected chi connectivity index (χ1v) is 10.5. The fourth-order valence-corrected chi connectivity index (χ4v) is 4.40. The largest absolute Gasteiger partial charge is 0.503 e. The fourth-order valence-electron chi connectivity index (χ4n) is 4.40. The highest BCUT2D eigenvalue weighted by atomic mass is 19.1. The predicted molar refractivity (Wildman–Crippen MR) is 111 cm³/mol. The van der Waals surface area contributed by atoms with Crippen LogP contribution in [-0.2, 0) is 17.7 Å². The minimum atomic E-state index is -0.937. The predicted octanol–water partition coefficient (Wildman–Crippen LogP) is 2.87. The maximum Gasteiger partial charge on any atom is 0.276 e.